The SMILES string of the molecule is CC(C(=O)N(C)C(C)C)N(C)CC(O)CN1CCN(C)CC1. The topological polar surface area (TPSA) is 50.3 Å². The third-order valence-corrected chi connectivity index (χ3v) is 4.70. The van der Waals surface area contributed by atoms with E-state index >= 15 is 0 Å². The summed E-state index contributed by atoms with van der Waals surface area (Å²) in [6.45, 7) is 11.2. The minimum absolute atomic E-state index is 0.101. The van der Waals surface area contributed by atoms with Gasteiger partial charge in [-0.15, -0.1) is 0 Å². The van der Waals surface area contributed by atoms with Gasteiger partial charge in [0.2, 0.25) is 5.91 Å². The number of aliphatic hydroxyl groups excluding tert-OH is 1. The third kappa shape index (κ3) is 5.83. The highest BCUT2D eigenvalue weighted by Crippen LogP contribution is 2.06. The number of carbonyl (C=O) groups is 1. The van der Waals surface area contributed by atoms with Crippen molar-refractivity contribution < 1.29 is 9.90 Å². The van der Waals surface area contributed by atoms with E-state index in [1.807, 2.05) is 39.8 Å². The molecule has 0 aromatic carbocycles. The van der Waals surface area contributed by atoms with Crippen molar-refractivity contribution in [3.05, 3.63) is 0 Å². The molecule has 1 amide bonds. The maximum absolute atomic E-state index is 12.3. The maximum Gasteiger partial charge on any atom is 0.239 e. The van der Waals surface area contributed by atoms with Crippen LogP contribution >= 0.6 is 0 Å². The summed E-state index contributed by atoms with van der Waals surface area (Å²) in [5, 5.41) is 10.3. The van der Waals surface area contributed by atoms with Gasteiger partial charge < -0.3 is 14.9 Å². The molecule has 6 nitrogen and oxygen atoms in total. The Labute approximate surface area is 135 Å². The van der Waals surface area contributed by atoms with E-state index in [2.05, 4.69) is 16.8 Å². The highest BCUT2D eigenvalue weighted by atomic mass is 16.3. The summed E-state index contributed by atoms with van der Waals surface area (Å²) < 4.78 is 0. The molecular weight excluding hydrogens is 280 g/mol. The van der Waals surface area contributed by atoms with Crippen LogP contribution in [0.5, 0.6) is 0 Å². The summed E-state index contributed by atoms with van der Waals surface area (Å²) in [4.78, 5) is 20.6. The van der Waals surface area contributed by atoms with Gasteiger partial charge in [-0.2, -0.15) is 0 Å². The van der Waals surface area contributed by atoms with Crippen LogP contribution in [0.4, 0.5) is 0 Å². The van der Waals surface area contributed by atoms with E-state index in [1.165, 1.54) is 0 Å². The average Bonchev–Trinajstić information content (AvgIpc) is 2.46. The van der Waals surface area contributed by atoms with E-state index in [0.29, 0.717) is 13.1 Å². The molecule has 2 unspecified atom stereocenters. The first-order chi connectivity index (χ1) is 10.2. The summed E-state index contributed by atoms with van der Waals surface area (Å²) >= 11 is 0. The minimum atomic E-state index is -0.423. The van der Waals surface area contributed by atoms with Crippen LogP contribution in [0.15, 0.2) is 0 Å². The Morgan fingerprint density at radius 2 is 1.68 bits per heavy atom. The fourth-order valence-electron chi connectivity index (χ4n) is 2.61. The molecule has 1 aliphatic rings. The molecular formula is C16H34N4O2. The van der Waals surface area contributed by atoms with E-state index < -0.39 is 6.10 Å². The number of nitrogens with zero attached hydrogens (tertiary/aromatic N) is 4. The number of piperazine rings is 1. The molecule has 0 saturated carbocycles. The van der Waals surface area contributed by atoms with Gasteiger partial charge in [-0.3, -0.25) is 14.6 Å². The second-order valence-corrected chi connectivity index (χ2v) is 6.92. The van der Waals surface area contributed by atoms with Gasteiger partial charge in [-0.1, -0.05) is 0 Å². The van der Waals surface area contributed by atoms with Crippen LogP contribution in [0.2, 0.25) is 0 Å². The number of β-amino-alcohol motifs (C(OH)–C–C–N with tert-alkyl or cyclic N) is 1. The number of aliphatic hydroxyl groups is 1. The van der Waals surface area contributed by atoms with Gasteiger partial charge in [0.15, 0.2) is 0 Å². The van der Waals surface area contributed by atoms with Crippen molar-refractivity contribution in [1.82, 2.24) is 19.6 Å². The predicted molar refractivity (Wildman–Crippen MR) is 89.9 cm³/mol. The second kappa shape index (κ2) is 8.82. The van der Waals surface area contributed by atoms with Gasteiger partial charge in [0.25, 0.3) is 0 Å². The van der Waals surface area contributed by atoms with E-state index in [9.17, 15) is 9.90 Å². The normalized spacial score (nSPS) is 20.4. The molecule has 1 heterocycles. The first kappa shape index (κ1) is 19.4. The van der Waals surface area contributed by atoms with Crippen molar-refractivity contribution >= 4 is 5.91 Å². The van der Waals surface area contributed by atoms with Gasteiger partial charge in [0.05, 0.1) is 12.1 Å². The quantitative estimate of drug-likeness (QED) is 0.704. The first-order valence-electron chi connectivity index (χ1n) is 8.28. The van der Waals surface area contributed by atoms with Gasteiger partial charge in [0, 0.05) is 52.4 Å². The number of likely N-dealkylation sites (N-methyl/N-ethyl adjacent to an activating group) is 3. The van der Waals surface area contributed by atoms with Crippen LogP contribution in [-0.2, 0) is 4.79 Å². The molecule has 0 aromatic heterocycles. The van der Waals surface area contributed by atoms with Crippen LogP contribution < -0.4 is 0 Å². The lowest BCUT2D eigenvalue weighted by molar-refractivity contribution is -0.136. The summed E-state index contributed by atoms with van der Waals surface area (Å²) in [5.74, 6) is 0.101. The van der Waals surface area contributed by atoms with Crippen LogP contribution in [-0.4, -0.2) is 109 Å². The zero-order valence-corrected chi connectivity index (χ0v) is 15.1. The van der Waals surface area contributed by atoms with E-state index in [0.717, 1.165) is 26.2 Å². The zero-order chi connectivity index (χ0) is 16.9. The Hall–Kier alpha value is -0.690. The van der Waals surface area contributed by atoms with Gasteiger partial charge in [-0.05, 0) is 34.9 Å². The smallest absolute Gasteiger partial charge is 0.239 e. The standard InChI is InChI=1S/C16H34N4O2/c1-13(2)19(6)16(22)14(3)18(5)11-15(21)12-20-9-7-17(4)8-10-20/h13-15,21H,7-12H2,1-6H3. The predicted octanol–water partition coefficient (Wildman–Crippen LogP) is -0.218. The Morgan fingerprint density at radius 1 is 1.14 bits per heavy atom. The monoisotopic (exact) mass is 314 g/mol. The second-order valence-electron chi connectivity index (χ2n) is 6.92. The lowest BCUT2D eigenvalue weighted by Gasteiger charge is -2.35. The van der Waals surface area contributed by atoms with E-state index in [-0.39, 0.29) is 18.0 Å². The summed E-state index contributed by atoms with van der Waals surface area (Å²) in [5.41, 5.74) is 0. The number of carbonyl (C=O) groups excluding carboxylic acids is 1. The fourth-order valence-corrected chi connectivity index (χ4v) is 2.61. The lowest BCUT2D eigenvalue weighted by Crippen LogP contribution is -2.51. The molecule has 1 fully saturated rings. The number of rotatable bonds is 7. The third-order valence-electron chi connectivity index (χ3n) is 4.70. The zero-order valence-electron chi connectivity index (χ0n) is 15.1. The van der Waals surface area contributed by atoms with Crippen molar-refractivity contribution in [2.45, 2.75) is 39.0 Å². The molecule has 1 saturated heterocycles. The summed E-state index contributed by atoms with van der Waals surface area (Å²) in [7, 11) is 5.86. The number of amides is 1. The lowest BCUT2D eigenvalue weighted by atomic mass is 10.2. The van der Waals surface area contributed by atoms with E-state index in [1.54, 1.807) is 4.90 Å². The Kier molecular flexibility index (Phi) is 7.76. The van der Waals surface area contributed by atoms with Crippen molar-refractivity contribution in [2.24, 2.45) is 0 Å². The van der Waals surface area contributed by atoms with Crippen LogP contribution in [0.25, 0.3) is 0 Å². The van der Waals surface area contributed by atoms with Crippen molar-refractivity contribution in [3.8, 4) is 0 Å². The van der Waals surface area contributed by atoms with Crippen molar-refractivity contribution in [3.63, 3.8) is 0 Å². The van der Waals surface area contributed by atoms with Crippen LogP contribution in [0, 0.1) is 0 Å². The molecule has 0 radical (unpaired) electrons. The molecule has 1 aliphatic heterocycles. The van der Waals surface area contributed by atoms with Crippen molar-refractivity contribution in [1.29, 1.82) is 0 Å². The molecule has 0 aliphatic carbocycles. The average molecular weight is 314 g/mol. The van der Waals surface area contributed by atoms with Gasteiger partial charge in [0.1, 0.15) is 0 Å². The molecule has 0 spiro atoms. The Balaban J connectivity index is 2.39. The van der Waals surface area contributed by atoms with E-state index in [4.69, 9.17) is 0 Å². The van der Waals surface area contributed by atoms with Gasteiger partial charge >= 0.3 is 0 Å². The molecule has 2 atom stereocenters. The number of hydrogen-bond acceptors (Lipinski definition) is 5. The van der Waals surface area contributed by atoms with Gasteiger partial charge in [-0.25, -0.2) is 0 Å². The highest BCUT2D eigenvalue weighted by molar-refractivity contribution is 5.81. The molecule has 1 N–H and O–H groups in total. The molecule has 6 heteroatoms. The molecule has 0 bridgehead atoms. The first-order valence-corrected chi connectivity index (χ1v) is 8.28. The highest BCUT2D eigenvalue weighted by Gasteiger charge is 2.25. The summed E-state index contributed by atoms with van der Waals surface area (Å²) in [6.07, 6.45) is -0.423. The summed E-state index contributed by atoms with van der Waals surface area (Å²) in [6, 6.07) is -0.0202. The Bertz CT molecular complexity index is 343. The Morgan fingerprint density at radius 3 is 2.18 bits per heavy atom. The fraction of sp³-hybridized carbons (Fsp3) is 0.938. The largest absolute Gasteiger partial charge is 0.390 e. The minimum Gasteiger partial charge on any atom is -0.390 e. The maximum atomic E-state index is 12.3. The molecule has 0 aromatic rings. The number of hydrogen-bond donors (Lipinski definition) is 1. The molecule has 22 heavy (non-hydrogen) atoms. The molecule has 1 rings (SSSR count). The molecule has 130 valence electrons. The van der Waals surface area contributed by atoms with Crippen LogP contribution in [0.1, 0.15) is 20.8 Å². The van der Waals surface area contributed by atoms with Crippen LogP contribution in [0.3, 0.4) is 0 Å². The van der Waals surface area contributed by atoms with Crippen molar-refractivity contribution in [2.75, 3.05) is 60.4 Å².